The van der Waals surface area contributed by atoms with E-state index in [1.807, 2.05) is 24.5 Å². The van der Waals surface area contributed by atoms with Crippen molar-refractivity contribution in [2.45, 2.75) is 30.3 Å². The molecule has 1 aromatic carbocycles. The van der Waals surface area contributed by atoms with Crippen LogP contribution in [-0.2, 0) is 16.1 Å². The summed E-state index contributed by atoms with van der Waals surface area (Å²) in [6.07, 6.45) is 3.30. The topological polar surface area (TPSA) is 66.5 Å². The monoisotopic (exact) mass is 306 g/mol. The maximum atomic E-state index is 12.6. The maximum Gasteiger partial charge on any atom is 0.256 e. The van der Waals surface area contributed by atoms with Gasteiger partial charge in [0.05, 0.1) is 5.56 Å². The molecule has 0 fully saturated rings. The summed E-state index contributed by atoms with van der Waals surface area (Å²) in [5, 5.41) is 2.57. The van der Waals surface area contributed by atoms with E-state index in [0.29, 0.717) is 18.5 Å². The maximum absolute atomic E-state index is 12.6. The Morgan fingerprint density at radius 3 is 2.90 bits per heavy atom. The molecule has 0 spiro atoms. The van der Waals surface area contributed by atoms with Crippen molar-refractivity contribution in [1.82, 2.24) is 10.2 Å². The van der Waals surface area contributed by atoms with Gasteiger partial charge in [-0.1, -0.05) is 12.1 Å². The Morgan fingerprint density at radius 2 is 2.29 bits per heavy atom. The molecule has 5 nitrogen and oxygen atoms in total. The second kappa shape index (κ2) is 6.76. The van der Waals surface area contributed by atoms with E-state index in [9.17, 15) is 14.4 Å². The third kappa shape index (κ3) is 2.95. The summed E-state index contributed by atoms with van der Waals surface area (Å²) in [7, 11) is 1.54. The average Bonchev–Trinajstić information content (AvgIpc) is 2.84. The van der Waals surface area contributed by atoms with Crippen LogP contribution < -0.4 is 5.32 Å². The quantitative estimate of drug-likeness (QED) is 0.638. The zero-order valence-electron chi connectivity index (χ0n) is 12.1. The van der Waals surface area contributed by atoms with Gasteiger partial charge in [-0.15, -0.1) is 11.8 Å². The summed E-state index contributed by atoms with van der Waals surface area (Å²) < 4.78 is 0. The standard InChI is InChI=1S/C15H18N2O3S/c1-16-14(19)11(6-4-8-18)17-9-10-5-3-7-12(21-2)13(10)15(17)20/h3,5,7-8,11H,4,6,9H2,1-2H3,(H,16,19). The predicted molar refractivity (Wildman–Crippen MR) is 81.2 cm³/mol. The van der Waals surface area contributed by atoms with Crippen LogP contribution in [0.15, 0.2) is 23.1 Å². The molecule has 2 amide bonds. The van der Waals surface area contributed by atoms with Gasteiger partial charge >= 0.3 is 0 Å². The van der Waals surface area contributed by atoms with Crippen LogP contribution in [0.2, 0.25) is 0 Å². The highest BCUT2D eigenvalue weighted by molar-refractivity contribution is 7.98. The number of benzene rings is 1. The van der Waals surface area contributed by atoms with Gasteiger partial charge in [-0.05, 0) is 24.3 Å². The van der Waals surface area contributed by atoms with Gasteiger partial charge in [0.15, 0.2) is 0 Å². The number of hydrogen-bond acceptors (Lipinski definition) is 4. The molecular weight excluding hydrogens is 288 g/mol. The lowest BCUT2D eigenvalue weighted by Crippen LogP contribution is -2.46. The fourth-order valence-corrected chi connectivity index (χ4v) is 3.23. The van der Waals surface area contributed by atoms with E-state index in [1.165, 1.54) is 18.8 Å². The van der Waals surface area contributed by atoms with Crippen molar-refractivity contribution in [1.29, 1.82) is 0 Å². The van der Waals surface area contributed by atoms with Gasteiger partial charge in [0.2, 0.25) is 5.91 Å². The fourth-order valence-electron chi connectivity index (χ4n) is 2.59. The zero-order valence-corrected chi connectivity index (χ0v) is 12.9. The van der Waals surface area contributed by atoms with Crippen LogP contribution >= 0.6 is 11.8 Å². The van der Waals surface area contributed by atoms with E-state index in [0.717, 1.165) is 16.7 Å². The number of amides is 2. The number of fused-ring (bicyclic) bond motifs is 1. The first-order valence-electron chi connectivity index (χ1n) is 6.76. The highest BCUT2D eigenvalue weighted by atomic mass is 32.2. The number of thioether (sulfide) groups is 1. The first kappa shape index (κ1) is 15.6. The molecule has 1 N–H and O–H groups in total. The number of nitrogens with zero attached hydrogens (tertiary/aromatic N) is 1. The van der Waals surface area contributed by atoms with E-state index in [2.05, 4.69) is 5.32 Å². The fraction of sp³-hybridized carbons (Fsp3) is 0.400. The summed E-state index contributed by atoms with van der Waals surface area (Å²) in [5.74, 6) is -0.363. The Bertz CT molecular complexity index is 574. The molecule has 6 heteroatoms. The molecule has 2 rings (SSSR count). The summed E-state index contributed by atoms with van der Waals surface area (Å²) in [4.78, 5) is 37.8. The van der Waals surface area contributed by atoms with Crippen LogP contribution in [0.25, 0.3) is 0 Å². The number of rotatable bonds is 6. The van der Waals surface area contributed by atoms with Gasteiger partial charge in [-0.25, -0.2) is 0 Å². The molecule has 0 aromatic heterocycles. The molecule has 1 unspecified atom stereocenters. The lowest BCUT2D eigenvalue weighted by atomic mass is 10.1. The first-order chi connectivity index (χ1) is 10.1. The summed E-state index contributed by atoms with van der Waals surface area (Å²) >= 11 is 1.52. The van der Waals surface area contributed by atoms with Crippen molar-refractivity contribution in [2.75, 3.05) is 13.3 Å². The molecular formula is C15H18N2O3S. The number of carbonyl (C=O) groups is 3. The van der Waals surface area contributed by atoms with Crippen molar-refractivity contribution in [2.24, 2.45) is 0 Å². The lowest BCUT2D eigenvalue weighted by molar-refractivity contribution is -0.125. The van der Waals surface area contributed by atoms with Crippen molar-refractivity contribution < 1.29 is 14.4 Å². The summed E-state index contributed by atoms with van der Waals surface area (Å²) in [5.41, 5.74) is 1.62. The van der Waals surface area contributed by atoms with Gasteiger partial charge in [-0.3, -0.25) is 9.59 Å². The highest BCUT2D eigenvalue weighted by Gasteiger charge is 2.36. The van der Waals surface area contributed by atoms with Crippen LogP contribution in [0.3, 0.4) is 0 Å². The molecule has 0 aliphatic carbocycles. The minimum atomic E-state index is -0.602. The smallest absolute Gasteiger partial charge is 0.256 e. The Balaban J connectivity index is 2.31. The predicted octanol–water partition coefficient (Wildman–Crippen LogP) is 1.46. The lowest BCUT2D eigenvalue weighted by Gasteiger charge is -2.25. The Labute approximate surface area is 128 Å². The molecule has 1 aliphatic rings. The molecule has 1 atom stereocenters. The number of nitrogens with one attached hydrogen (secondary N) is 1. The Kier molecular flexibility index (Phi) is 5.01. The number of carbonyl (C=O) groups excluding carboxylic acids is 3. The molecule has 0 bridgehead atoms. The molecule has 1 aliphatic heterocycles. The summed E-state index contributed by atoms with van der Waals surface area (Å²) in [6.45, 7) is 0.416. The van der Waals surface area contributed by atoms with Gasteiger partial charge in [0, 0.05) is 24.9 Å². The third-order valence-corrected chi connectivity index (χ3v) is 4.41. The average molecular weight is 306 g/mol. The normalized spacial score (nSPS) is 14.8. The molecule has 0 saturated heterocycles. The van der Waals surface area contributed by atoms with Crippen LogP contribution in [0.5, 0.6) is 0 Å². The molecule has 0 radical (unpaired) electrons. The van der Waals surface area contributed by atoms with E-state index >= 15 is 0 Å². The van der Waals surface area contributed by atoms with Crippen LogP contribution in [0.4, 0.5) is 0 Å². The largest absolute Gasteiger partial charge is 0.357 e. The van der Waals surface area contributed by atoms with E-state index in [1.54, 1.807) is 4.90 Å². The molecule has 0 saturated carbocycles. The molecule has 21 heavy (non-hydrogen) atoms. The third-order valence-electron chi connectivity index (χ3n) is 3.63. The first-order valence-corrected chi connectivity index (χ1v) is 7.98. The minimum Gasteiger partial charge on any atom is -0.357 e. The van der Waals surface area contributed by atoms with Gasteiger partial charge in [0.1, 0.15) is 12.3 Å². The van der Waals surface area contributed by atoms with Crippen molar-refractivity contribution in [3.8, 4) is 0 Å². The molecule has 1 aromatic rings. The van der Waals surface area contributed by atoms with Crippen LogP contribution in [0, 0.1) is 0 Å². The van der Waals surface area contributed by atoms with Gasteiger partial charge in [-0.2, -0.15) is 0 Å². The molecule has 112 valence electrons. The highest BCUT2D eigenvalue weighted by Crippen LogP contribution is 2.32. The van der Waals surface area contributed by atoms with Crippen molar-refractivity contribution in [3.63, 3.8) is 0 Å². The van der Waals surface area contributed by atoms with E-state index in [-0.39, 0.29) is 18.2 Å². The minimum absolute atomic E-state index is 0.130. The SMILES string of the molecule is CNC(=O)C(CCC=O)N1Cc2cccc(SC)c2C1=O. The van der Waals surface area contributed by atoms with Crippen molar-refractivity contribution >= 4 is 29.9 Å². The molecule has 1 heterocycles. The van der Waals surface area contributed by atoms with Crippen molar-refractivity contribution in [3.05, 3.63) is 29.3 Å². The van der Waals surface area contributed by atoms with Gasteiger partial charge < -0.3 is 15.0 Å². The Morgan fingerprint density at radius 1 is 1.52 bits per heavy atom. The number of hydrogen-bond donors (Lipinski definition) is 1. The Hall–Kier alpha value is -1.82. The number of aldehydes is 1. The number of likely N-dealkylation sites (N-methyl/N-ethyl adjacent to an activating group) is 1. The second-order valence-electron chi connectivity index (χ2n) is 4.80. The van der Waals surface area contributed by atoms with Gasteiger partial charge in [0.25, 0.3) is 5.91 Å². The van der Waals surface area contributed by atoms with E-state index in [4.69, 9.17) is 0 Å². The van der Waals surface area contributed by atoms with Crippen LogP contribution in [0.1, 0.15) is 28.8 Å². The summed E-state index contributed by atoms with van der Waals surface area (Å²) in [6, 6.07) is 5.13. The van der Waals surface area contributed by atoms with Crippen LogP contribution in [-0.4, -0.2) is 42.3 Å². The second-order valence-corrected chi connectivity index (χ2v) is 5.65. The zero-order chi connectivity index (χ0) is 15.4. The van der Waals surface area contributed by atoms with E-state index < -0.39 is 6.04 Å².